The van der Waals surface area contributed by atoms with E-state index in [0.717, 1.165) is 29.7 Å². The van der Waals surface area contributed by atoms with Gasteiger partial charge < -0.3 is 15.8 Å². The fourth-order valence-electron chi connectivity index (χ4n) is 2.26. The molecule has 0 radical (unpaired) electrons. The number of amides is 1. The molecule has 20 heavy (non-hydrogen) atoms. The number of nitrogens with one attached hydrogen (secondary N) is 1. The van der Waals surface area contributed by atoms with Crippen molar-refractivity contribution in [2.75, 3.05) is 13.2 Å². The number of aryl methyl sites for hydroxylation is 2. The SMILES string of the molecule is CCC(CC)(CN)NC(=O)COc1c(C)cccc1C. The van der Waals surface area contributed by atoms with Gasteiger partial charge in [-0.25, -0.2) is 0 Å². The Morgan fingerprint density at radius 1 is 1.25 bits per heavy atom. The zero-order valence-corrected chi connectivity index (χ0v) is 13.0. The summed E-state index contributed by atoms with van der Waals surface area (Å²) in [7, 11) is 0. The van der Waals surface area contributed by atoms with Crippen molar-refractivity contribution in [2.45, 2.75) is 46.1 Å². The lowest BCUT2D eigenvalue weighted by Gasteiger charge is -2.31. The van der Waals surface area contributed by atoms with Crippen LogP contribution >= 0.6 is 0 Å². The standard InChI is InChI=1S/C16H26N2O2/c1-5-16(6-2,11-17)18-14(19)10-20-15-12(3)8-7-9-13(15)4/h7-9H,5-6,10-11,17H2,1-4H3,(H,18,19). The molecule has 1 amide bonds. The molecular formula is C16H26N2O2. The first-order valence-corrected chi connectivity index (χ1v) is 7.18. The van der Waals surface area contributed by atoms with Crippen molar-refractivity contribution in [3.8, 4) is 5.75 Å². The van der Waals surface area contributed by atoms with Gasteiger partial charge in [0.2, 0.25) is 0 Å². The summed E-state index contributed by atoms with van der Waals surface area (Å²) in [6, 6.07) is 5.93. The van der Waals surface area contributed by atoms with Crippen LogP contribution in [0.2, 0.25) is 0 Å². The molecule has 112 valence electrons. The van der Waals surface area contributed by atoms with E-state index in [1.165, 1.54) is 0 Å². The summed E-state index contributed by atoms with van der Waals surface area (Å²) >= 11 is 0. The topological polar surface area (TPSA) is 64.3 Å². The van der Waals surface area contributed by atoms with Crippen LogP contribution in [0.15, 0.2) is 18.2 Å². The number of para-hydroxylation sites is 1. The maximum absolute atomic E-state index is 12.0. The van der Waals surface area contributed by atoms with E-state index in [0.29, 0.717) is 6.54 Å². The Kier molecular flexibility index (Phi) is 6.02. The molecule has 0 aliphatic carbocycles. The first-order chi connectivity index (χ1) is 9.48. The van der Waals surface area contributed by atoms with Gasteiger partial charge in [0.05, 0.1) is 5.54 Å². The van der Waals surface area contributed by atoms with Crippen molar-refractivity contribution in [3.63, 3.8) is 0 Å². The molecule has 0 heterocycles. The third-order valence-corrected chi connectivity index (χ3v) is 3.91. The molecule has 1 rings (SSSR count). The Morgan fingerprint density at radius 3 is 2.25 bits per heavy atom. The van der Waals surface area contributed by atoms with Crippen LogP contribution in [0.4, 0.5) is 0 Å². The average molecular weight is 278 g/mol. The van der Waals surface area contributed by atoms with Gasteiger partial charge in [0, 0.05) is 6.54 Å². The Morgan fingerprint density at radius 2 is 1.80 bits per heavy atom. The first kappa shape index (κ1) is 16.5. The number of hydrogen-bond donors (Lipinski definition) is 2. The molecule has 0 aromatic heterocycles. The van der Waals surface area contributed by atoms with E-state index >= 15 is 0 Å². The molecule has 3 N–H and O–H groups in total. The highest BCUT2D eigenvalue weighted by atomic mass is 16.5. The fourth-order valence-corrected chi connectivity index (χ4v) is 2.26. The number of carbonyl (C=O) groups is 1. The lowest BCUT2D eigenvalue weighted by Crippen LogP contribution is -2.54. The molecule has 0 atom stereocenters. The van der Waals surface area contributed by atoms with Gasteiger partial charge >= 0.3 is 0 Å². The van der Waals surface area contributed by atoms with Crippen molar-refractivity contribution in [1.82, 2.24) is 5.32 Å². The summed E-state index contributed by atoms with van der Waals surface area (Å²) < 4.78 is 5.66. The van der Waals surface area contributed by atoms with Crippen LogP contribution in [0.1, 0.15) is 37.8 Å². The van der Waals surface area contributed by atoms with E-state index in [9.17, 15) is 4.79 Å². The molecule has 0 bridgehead atoms. The van der Waals surface area contributed by atoms with Crippen LogP contribution in [-0.2, 0) is 4.79 Å². The number of nitrogens with two attached hydrogens (primary N) is 1. The van der Waals surface area contributed by atoms with Crippen LogP contribution in [0.5, 0.6) is 5.75 Å². The highest BCUT2D eigenvalue weighted by Gasteiger charge is 2.26. The van der Waals surface area contributed by atoms with Crippen molar-refractivity contribution in [3.05, 3.63) is 29.3 Å². The van der Waals surface area contributed by atoms with Crippen LogP contribution in [0, 0.1) is 13.8 Å². The molecule has 0 aliphatic rings. The molecule has 0 spiro atoms. The van der Waals surface area contributed by atoms with E-state index in [1.807, 2.05) is 45.9 Å². The summed E-state index contributed by atoms with van der Waals surface area (Å²) in [4.78, 5) is 12.0. The molecule has 0 saturated carbocycles. The quantitative estimate of drug-likeness (QED) is 0.804. The number of hydrogen-bond acceptors (Lipinski definition) is 3. The second-order valence-electron chi connectivity index (χ2n) is 5.25. The minimum atomic E-state index is -0.318. The third-order valence-electron chi connectivity index (χ3n) is 3.91. The van der Waals surface area contributed by atoms with E-state index in [1.54, 1.807) is 0 Å². The maximum atomic E-state index is 12.0. The first-order valence-electron chi connectivity index (χ1n) is 7.18. The minimum Gasteiger partial charge on any atom is -0.483 e. The second-order valence-corrected chi connectivity index (χ2v) is 5.25. The van der Waals surface area contributed by atoms with Crippen molar-refractivity contribution in [1.29, 1.82) is 0 Å². The maximum Gasteiger partial charge on any atom is 0.258 e. The lowest BCUT2D eigenvalue weighted by atomic mass is 9.93. The Balaban J connectivity index is 2.64. The van der Waals surface area contributed by atoms with Gasteiger partial charge in [0.1, 0.15) is 5.75 Å². The van der Waals surface area contributed by atoms with Gasteiger partial charge in [0.25, 0.3) is 5.91 Å². The molecule has 0 fully saturated rings. The highest BCUT2D eigenvalue weighted by molar-refractivity contribution is 5.78. The predicted molar refractivity (Wildman–Crippen MR) is 81.9 cm³/mol. The fraction of sp³-hybridized carbons (Fsp3) is 0.562. The lowest BCUT2D eigenvalue weighted by molar-refractivity contribution is -0.125. The molecule has 1 aromatic carbocycles. The van der Waals surface area contributed by atoms with E-state index in [-0.39, 0.29) is 18.1 Å². The molecule has 4 nitrogen and oxygen atoms in total. The molecule has 0 unspecified atom stereocenters. The average Bonchev–Trinajstić information content (AvgIpc) is 2.44. The van der Waals surface area contributed by atoms with Crippen molar-refractivity contribution >= 4 is 5.91 Å². The highest BCUT2D eigenvalue weighted by Crippen LogP contribution is 2.22. The van der Waals surface area contributed by atoms with Gasteiger partial charge in [-0.2, -0.15) is 0 Å². The molecule has 0 aliphatic heterocycles. The number of rotatable bonds is 7. The van der Waals surface area contributed by atoms with Crippen LogP contribution in [0.3, 0.4) is 0 Å². The minimum absolute atomic E-state index is 0.0213. The number of benzene rings is 1. The second kappa shape index (κ2) is 7.29. The smallest absolute Gasteiger partial charge is 0.258 e. The monoisotopic (exact) mass is 278 g/mol. The zero-order chi connectivity index (χ0) is 15.2. The van der Waals surface area contributed by atoms with Crippen molar-refractivity contribution in [2.24, 2.45) is 5.73 Å². The largest absolute Gasteiger partial charge is 0.483 e. The third kappa shape index (κ3) is 3.97. The summed E-state index contributed by atoms with van der Waals surface area (Å²) in [5.41, 5.74) is 7.53. The van der Waals surface area contributed by atoms with Gasteiger partial charge in [-0.05, 0) is 37.8 Å². The van der Waals surface area contributed by atoms with E-state index < -0.39 is 0 Å². The van der Waals surface area contributed by atoms with E-state index in [4.69, 9.17) is 10.5 Å². The Labute approximate surface area is 121 Å². The van der Waals surface area contributed by atoms with Crippen LogP contribution in [0.25, 0.3) is 0 Å². The molecule has 0 saturated heterocycles. The zero-order valence-electron chi connectivity index (χ0n) is 13.0. The molecule has 4 heteroatoms. The Hall–Kier alpha value is -1.55. The number of ether oxygens (including phenoxy) is 1. The van der Waals surface area contributed by atoms with Crippen molar-refractivity contribution < 1.29 is 9.53 Å². The normalized spacial score (nSPS) is 11.2. The Bertz CT molecular complexity index is 425. The van der Waals surface area contributed by atoms with Gasteiger partial charge in [-0.3, -0.25) is 4.79 Å². The summed E-state index contributed by atoms with van der Waals surface area (Å²) in [5.74, 6) is 0.663. The van der Waals surface area contributed by atoms with Crippen LogP contribution < -0.4 is 15.8 Å². The van der Waals surface area contributed by atoms with Crippen LogP contribution in [-0.4, -0.2) is 24.6 Å². The summed E-state index contributed by atoms with van der Waals surface area (Å²) in [5, 5.41) is 3.00. The summed E-state index contributed by atoms with van der Waals surface area (Å²) in [6.07, 6.45) is 1.63. The summed E-state index contributed by atoms with van der Waals surface area (Å²) in [6.45, 7) is 8.47. The van der Waals surface area contributed by atoms with Gasteiger partial charge in [0.15, 0.2) is 6.61 Å². The van der Waals surface area contributed by atoms with E-state index in [2.05, 4.69) is 5.32 Å². The molecular weight excluding hydrogens is 252 g/mol. The van der Waals surface area contributed by atoms with Gasteiger partial charge in [-0.1, -0.05) is 32.0 Å². The number of carbonyl (C=O) groups excluding carboxylic acids is 1. The molecule has 1 aromatic rings. The van der Waals surface area contributed by atoms with Gasteiger partial charge in [-0.15, -0.1) is 0 Å². The predicted octanol–water partition coefficient (Wildman–Crippen LogP) is 2.32.